The zero-order valence-electron chi connectivity index (χ0n) is 11.5. The molecule has 1 aromatic heterocycles. The Morgan fingerprint density at radius 1 is 1.47 bits per heavy atom. The Bertz CT molecular complexity index is 440. The molecule has 1 aliphatic heterocycles. The minimum absolute atomic E-state index is 0.389. The van der Waals surface area contributed by atoms with Crippen LogP contribution < -0.4 is 10.6 Å². The van der Waals surface area contributed by atoms with Crippen LogP contribution in [0.25, 0.3) is 0 Å². The summed E-state index contributed by atoms with van der Waals surface area (Å²) in [6.45, 7) is 3.14. The van der Waals surface area contributed by atoms with Gasteiger partial charge in [-0.15, -0.1) is 5.10 Å². The smallest absolute Gasteiger partial charge is 0.161 e. The summed E-state index contributed by atoms with van der Waals surface area (Å²) in [5, 5.41) is 8.16. The van der Waals surface area contributed by atoms with Crippen molar-refractivity contribution in [2.24, 2.45) is 11.7 Å². The second-order valence-electron chi connectivity index (χ2n) is 5.33. The third kappa shape index (κ3) is 3.61. The lowest BCUT2D eigenvalue weighted by atomic mass is 9.96. The molecule has 0 bridgehead atoms. The molecule has 1 saturated heterocycles. The zero-order valence-corrected chi connectivity index (χ0v) is 12.4. The van der Waals surface area contributed by atoms with E-state index in [4.69, 9.17) is 18.0 Å². The number of rotatable bonds is 4. The van der Waals surface area contributed by atoms with Crippen LogP contribution in [0.4, 0.5) is 5.82 Å². The fourth-order valence-corrected chi connectivity index (χ4v) is 2.75. The lowest BCUT2D eigenvalue weighted by Gasteiger charge is -2.34. The molecule has 1 aromatic rings. The van der Waals surface area contributed by atoms with Crippen LogP contribution in [0.5, 0.6) is 0 Å². The summed E-state index contributed by atoms with van der Waals surface area (Å²) in [4.78, 5) is 4.89. The van der Waals surface area contributed by atoms with Crippen molar-refractivity contribution in [1.29, 1.82) is 0 Å². The Kier molecular flexibility index (Phi) is 4.66. The van der Waals surface area contributed by atoms with Crippen LogP contribution in [-0.4, -0.2) is 53.8 Å². The van der Waals surface area contributed by atoms with E-state index in [1.807, 2.05) is 6.07 Å². The third-order valence-corrected chi connectivity index (χ3v) is 3.72. The first kappa shape index (κ1) is 14.1. The molecule has 1 aliphatic rings. The van der Waals surface area contributed by atoms with Gasteiger partial charge in [0.1, 0.15) is 4.99 Å². The maximum Gasteiger partial charge on any atom is 0.161 e. The van der Waals surface area contributed by atoms with Gasteiger partial charge in [0, 0.05) is 19.6 Å². The molecule has 0 aliphatic carbocycles. The van der Waals surface area contributed by atoms with Gasteiger partial charge in [0.15, 0.2) is 5.82 Å². The summed E-state index contributed by atoms with van der Waals surface area (Å²) in [7, 11) is 4.25. The first-order valence-electron chi connectivity index (χ1n) is 6.59. The average Bonchev–Trinajstić information content (AvgIpc) is 2.39. The summed E-state index contributed by atoms with van der Waals surface area (Å²) in [6.07, 6.45) is 3.98. The molecular formula is C13H21N5S. The van der Waals surface area contributed by atoms with Crippen LogP contribution in [0, 0.1) is 5.92 Å². The Balaban J connectivity index is 2.04. The Labute approximate surface area is 119 Å². The predicted molar refractivity (Wildman–Crippen MR) is 81.4 cm³/mol. The predicted octanol–water partition coefficient (Wildman–Crippen LogP) is 0.889. The van der Waals surface area contributed by atoms with E-state index in [0.717, 1.165) is 36.9 Å². The van der Waals surface area contributed by atoms with Crippen LogP contribution >= 0.6 is 12.2 Å². The highest BCUT2D eigenvalue weighted by Gasteiger charge is 2.23. The van der Waals surface area contributed by atoms with E-state index in [2.05, 4.69) is 34.1 Å². The van der Waals surface area contributed by atoms with Crippen molar-refractivity contribution in [3.05, 3.63) is 17.8 Å². The topological polar surface area (TPSA) is 58.3 Å². The molecule has 0 unspecified atom stereocenters. The Morgan fingerprint density at radius 2 is 2.16 bits per heavy atom. The molecule has 19 heavy (non-hydrogen) atoms. The zero-order chi connectivity index (χ0) is 13.8. The SMILES string of the molecule is CN(C)CC1CCN(c2nnccc2C(N)=S)CC1. The van der Waals surface area contributed by atoms with Gasteiger partial charge >= 0.3 is 0 Å². The van der Waals surface area contributed by atoms with Crippen molar-refractivity contribution in [1.82, 2.24) is 15.1 Å². The first-order valence-corrected chi connectivity index (χ1v) is 7.00. The monoisotopic (exact) mass is 279 g/mol. The number of nitrogens with two attached hydrogens (primary N) is 1. The van der Waals surface area contributed by atoms with Crippen molar-refractivity contribution in [2.45, 2.75) is 12.8 Å². The van der Waals surface area contributed by atoms with Gasteiger partial charge in [0.2, 0.25) is 0 Å². The Morgan fingerprint density at radius 3 is 2.74 bits per heavy atom. The number of nitrogens with zero attached hydrogens (tertiary/aromatic N) is 4. The summed E-state index contributed by atoms with van der Waals surface area (Å²) >= 11 is 5.08. The van der Waals surface area contributed by atoms with E-state index in [0.29, 0.717) is 4.99 Å². The average molecular weight is 279 g/mol. The lowest BCUT2D eigenvalue weighted by Crippen LogP contribution is -2.38. The summed E-state index contributed by atoms with van der Waals surface area (Å²) in [5.41, 5.74) is 6.57. The highest BCUT2D eigenvalue weighted by molar-refractivity contribution is 7.80. The molecule has 6 heteroatoms. The molecule has 0 atom stereocenters. The van der Waals surface area contributed by atoms with E-state index < -0.39 is 0 Å². The van der Waals surface area contributed by atoms with E-state index in [1.165, 1.54) is 12.8 Å². The number of thiocarbonyl (C=S) groups is 1. The van der Waals surface area contributed by atoms with Gasteiger partial charge in [-0.05, 0) is 38.9 Å². The van der Waals surface area contributed by atoms with Gasteiger partial charge in [-0.2, -0.15) is 5.10 Å². The number of aromatic nitrogens is 2. The van der Waals surface area contributed by atoms with E-state index in [-0.39, 0.29) is 0 Å². The largest absolute Gasteiger partial charge is 0.389 e. The second kappa shape index (κ2) is 6.25. The highest BCUT2D eigenvalue weighted by Crippen LogP contribution is 2.24. The van der Waals surface area contributed by atoms with Crippen LogP contribution in [0.2, 0.25) is 0 Å². The van der Waals surface area contributed by atoms with Gasteiger partial charge in [-0.25, -0.2) is 0 Å². The van der Waals surface area contributed by atoms with Crippen LogP contribution in [0.1, 0.15) is 18.4 Å². The highest BCUT2D eigenvalue weighted by atomic mass is 32.1. The minimum atomic E-state index is 0.389. The van der Waals surface area contributed by atoms with Crippen molar-refractivity contribution >= 4 is 23.0 Å². The van der Waals surface area contributed by atoms with Gasteiger partial charge in [0.05, 0.1) is 11.8 Å². The summed E-state index contributed by atoms with van der Waals surface area (Å²) < 4.78 is 0. The number of hydrogen-bond donors (Lipinski definition) is 1. The molecule has 0 radical (unpaired) electrons. The van der Waals surface area contributed by atoms with Crippen molar-refractivity contribution in [3.63, 3.8) is 0 Å². The molecule has 2 heterocycles. The molecule has 1 fully saturated rings. The normalized spacial score (nSPS) is 16.9. The fraction of sp³-hybridized carbons (Fsp3) is 0.615. The first-order chi connectivity index (χ1) is 9.08. The fourth-order valence-electron chi connectivity index (χ4n) is 2.59. The van der Waals surface area contributed by atoms with Crippen molar-refractivity contribution < 1.29 is 0 Å². The molecule has 104 valence electrons. The minimum Gasteiger partial charge on any atom is -0.389 e. The second-order valence-corrected chi connectivity index (χ2v) is 5.77. The van der Waals surface area contributed by atoms with Crippen LogP contribution in [-0.2, 0) is 0 Å². The molecule has 0 aromatic carbocycles. The van der Waals surface area contributed by atoms with Gasteiger partial charge in [0.25, 0.3) is 0 Å². The Hall–Kier alpha value is -1.27. The standard InChI is InChI=1S/C13H21N5S/c1-17(2)9-10-4-7-18(8-5-10)13-11(12(14)19)3-6-15-16-13/h3,6,10H,4-5,7-9H2,1-2H3,(H2,14,19). The quantitative estimate of drug-likeness (QED) is 0.826. The number of piperidine rings is 1. The van der Waals surface area contributed by atoms with Crippen molar-refractivity contribution in [2.75, 3.05) is 38.6 Å². The molecular weight excluding hydrogens is 258 g/mol. The summed E-state index contributed by atoms with van der Waals surface area (Å²) in [6, 6.07) is 1.84. The summed E-state index contributed by atoms with van der Waals surface area (Å²) in [5.74, 6) is 1.59. The molecule has 2 rings (SSSR count). The molecule has 0 spiro atoms. The van der Waals surface area contributed by atoms with Gasteiger partial charge in [-0.1, -0.05) is 12.2 Å². The molecule has 0 saturated carbocycles. The van der Waals surface area contributed by atoms with Gasteiger partial charge in [-0.3, -0.25) is 0 Å². The molecule has 2 N–H and O–H groups in total. The van der Waals surface area contributed by atoms with Crippen molar-refractivity contribution in [3.8, 4) is 0 Å². The lowest BCUT2D eigenvalue weighted by molar-refractivity contribution is 0.284. The third-order valence-electron chi connectivity index (χ3n) is 3.50. The molecule has 5 nitrogen and oxygen atoms in total. The molecule has 0 amide bonds. The number of anilines is 1. The van der Waals surface area contributed by atoms with Gasteiger partial charge < -0.3 is 15.5 Å². The maximum absolute atomic E-state index is 5.74. The maximum atomic E-state index is 5.74. The van der Waals surface area contributed by atoms with E-state index >= 15 is 0 Å². The van der Waals surface area contributed by atoms with E-state index in [9.17, 15) is 0 Å². The van der Waals surface area contributed by atoms with E-state index in [1.54, 1.807) is 6.20 Å². The van der Waals surface area contributed by atoms with Crippen LogP contribution in [0.3, 0.4) is 0 Å². The number of hydrogen-bond acceptors (Lipinski definition) is 5. The van der Waals surface area contributed by atoms with Crippen LogP contribution in [0.15, 0.2) is 12.3 Å².